The van der Waals surface area contributed by atoms with E-state index in [-0.39, 0.29) is 22.6 Å². The summed E-state index contributed by atoms with van der Waals surface area (Å²) in [6, 6.07) is 20.5. The minimum atomic E-state index is -0.862. The fourth-order valence-electron chi connectivity index (χ4n) is 3.85. The third kappa shape index (κ3) is 3.94. The number of nitrogens with zero attached hydrogens (tertiary/aromatic N) is 3. The van der Waals surface area contributed by atoms with Crippen LogP contribution in [0.25, 0.3) is 5.76 Å². The van der Waals surface area contributed by atoms with Gasteiger partial charge in [-0.05, 0) is 42.0 Å². The first kappa shape index (κ1) is 21.8. The van der Waals surface area contributed by atoms with Crippen LogP contribution in [0, 0.1) is 10.1 Å². The van der Waals surface area contributed by atoms with Gasteiger partial charge < -0.3 is 10.0 Å². The second-order valence-corrected chi connectivity index (χ2v) is 7.79. The number of carbonyl (C=O) groups is 2. The Morgan fingerprint density at radius 1 is 0.939 bits per heavy atom. The molecule has 0 bridgehead atoms. The zero-order valence-electron chi connectivity index (χ0n) is 18.0. The van der Waals surface area contributed by atoms with E-state index in [2.05, 4.69) is 0 Å². The molecule has 1 unspecified atom stereocenters. The van der Waals surface area contributed by atoms with Crippen molar-refractivity contribution in [2.24, 2.45) is 0 Å². The lowest BCUT2D eigenvalue weighted by Gasteiger charge is -2.26. The van der Waals surface area contributed by atoms with Crippen molar-refractivity contribution in [3.63, 3.8) is 0 Å². The lowest BCUT2D eigenvalue weighted by Crippen LogP contribution is -2.29. The van der Waals surface area contributed by atoms with Gasteiger partial charge >= 0.3 is 0 Å². The predicted molar refractivity (Wildman–Crippen MR) is 125 cm³/mol. The van der Waals surface area contributed by atoms with Crippen LogP contribution in [0.15, 0.2) is 84.4 Å². The van der Waals surface area contributed by atoms with Crippen LogP contribution in [0.2, 0.25) is 0 Å². The first-order valence-corrected chi connectivity index (χ1v) is 10.2. The fraction of sp³-hybridized carbons (Fsp3) is 0.120. The molecule has 3 aromatic rings. The van der Waals surface area contributed by atoms with Crippen LogP contribution in [-0.2, 0) is 9.59 Å². The van der Waals surface area contributed by atoms with Crippen LogP contribution in [0.4, 0.5) is 17.1 Å². The average molecular weight is 443 g/mol. The fourth-order valence-corrected chi connectivity index (χ4v) is 3.85. The third-order valence-electron chi connectivity index (χ3n) is 5.56. The number of ketones is 1. The summed E-state index contributed by atoms with van der Waals surface area (Å²) in [5.41, 5.74) is 2.09. The SMILES string of the molecule is CN(C)c1ccc(C2/C(=C(/O)c3ccc([N+](=O)[O-])cc3)C(=O)C(=O)N2c2ccccc2)cc1. The average Bonchev–Trinajstić information content (AvgIpc) is 3.09. The van der Waals surface area contributed by atoms with Gasteiger partial charge in [0, 0.05) is 43.2 Å². The maximum absolute atomic E-state index is 13.1. The van der Waals surface area contributed by atoms with Gasteiger partial charge in [-0.25, -0.2) is 0 Å². The molecule has 1 heterocycles. The molecule has 1 fully saturated rings. The van der Waals surface area contributed by atoms with Crippen molar-refractivity contribution < 1.29 is 19.6 Å². The number of benzene rings is 3. The number of Topliss-reactive ketones (excluding diaryl/α,β-unsaturated/α-hetero) is 1. The van der Waals surface area contributed by atoms with Crippen molar-refractivity contribution in [2.45, 2.75) is 6.04 Å². The molecule has 8 nitrogen and oxygen atoms in total. The number of rotatable bonds is 5. The van der Waals surface area contributed by atoms with Gasteiger partial charge in [0.15, 0.2) is 0 Å². The molecule has 1 aliphatic heterocycles. The number of hydrogen-bond acceptors (Lipinski definition) is 6. The number of anilines is 2. The van der Waals surface area contributed by atoms with Gasteiger partial charge in [0.05, 0.1) is 16.5 Å². The summed E-state index contributed by atoms with van der Waals surface area (Å²) in [6.07, 6.45) is 0. The Kier molecular flexibility index (Phi) is 5.66. The summed E-state index contributed by atoms with van der Waals surface area (Å²) >= 11 is 0. The van der Waals surface area contributed by atoms with Gasteiger partial charge in [-0.1, -0.05) is 30.3 Å². The molecular formula is C25H21N3O5. The van der Waals surface area contributed by atoms with E-state index in [1.54, 1.807) is 30.3 Å². The molecule has 0 radical (unpaired) electrons. The standard InChI is InChI=1S/C25H21N3O5/c1-26(2)18-12-8-16(9-13-18)22-21(23(29)17-10-14-20(15-11-17)28(32)33)24(30)25(31)27(22)19-6-4-3-5-7-19/h3-15,22,29H,1-2H3/b23-21-. The molecule has 166 valence electrons. The molecule has 0 saturated carbocycles. The van der Waals surface area contributed by atoms with Gasteiger partial charge in [-0.15, -0.1) is 0 Å². The minimum Gasteiger partial charge on any atom is -0.507 e. The maximum Gasteiger partial charge on any atom is 0.300 e. The Bertz CT molecular complexity index is 1250. The molecule has 8 heteroatoms. The molecule has 1 amide bonds. The number of nitro groups is 1. The topological polar surface area (TPSA) is 104 Å². The highest BCUT2D eigenvalue weighted by atomic mass is 16.6. The number of hydrogen-bond donors (Lipinski definition) is 1. The van der Waals surface area contributed by atoms with Crippen LogP contribution in [-0.4, -0.2) is 35.8 Å². The van der Waals surface area contributed by atoms with Crippen molar-refractivity contribution in [1.29, 1.82) is 0 Å². The van der Waals surface area contributed by atoms with Crippen molar-refractivity contribution >= 4 is 34.5 Å². The first-order chi connectivity index (χ1) is 15.8. The van der Waals surface area contributed by atoms with E-state index >= 15 is 0 Å². The van der Waals surface area contributed by atoms with E-state index in [1.165, 1.54) is 29.2 Å². The quantitative estimate of drug-likeness (QED) is 0.207. The van der Waals surface area contributed by atoms with Crippen LogP contribution < -0.4 is 9.80 Å². The van der Waals surface area contributed by atoms with E-state index in [1.807, 2.05) is 43.3 Å². The highest BCUT2D eigenvalue weighted by Gasteiger charge is 2.46. The number of carbonyl (C=O) groups excluding carboxylic acids is 2. The molecule has 1 atom stereocenters. The zero-order chi connectivity index (χ0) is 23.7. The van der Waals surface area contributed by atoms with Crippen molar-refractivity contribution in [1.82, 2.24) is 0 Å². The largest absolute Gasteiger partial charge is 0.507 e. The lowest BCUT2D eigenvalue weighted by atomic mass is 9.95. The summed E-state index contributed by atoms with van der Waals surface area (Å²) in [4.78, 5) is 39.9. The Morgan fingerprint density at radius 3 is 2.09 bits per heavy atom. The third-order valence-corrected chi connectivity index (χ3v) is 5.56. The second-order valence-electron chi connectivity index (χ2n) is 7.79. The van der Waals surface area contributed by atoms with Gasteiger partial charge in [0.2, 0.25) is 0 Å². The Labute approximate surface area is 190 Å². The lowest BCUT2D eigenvalue weighted by molar-refractivity contribution is -0.384. The number of aliphatic hydroxyl groups excluding tert-OH is 1. The minimum absolute atomic E-state index is 0.0738. The molecule has 4 rings (SSSR count). The number of amides is 1. The van der Waals surface area contributed by atoms with E-state index in [4.69, 9.17) is 0 Å². The van der Waals surface area contributed by atoms with Gasteiger partial charge in [-0.2, -0.15) is 0 Å². The highest BCUT2D eigenvalue weighted by molar-refractivity contribution is 6.51. The molecule has 0 spiro atoms. The molecular weight excluding hydrogens is 422 g/mol. The number of nitro benzene ring substituents is 1. The zero-order valence-corrected chi connectivity index (χ0v) is 18.0. The summed E-state index contributed by atoms with van der Waals surface area (Å²) < 4.78 is 0. The van der Waals surface area contributed by atoms with Gasteiger partial charge in [-0.3, -0.25) is 24.6 Å². The summed E-state index contributed by atoms with van der Waals surface area (Å²) in [6.45, 7) is 0. The number of non-ortho nitro benzene ring substituents is 1. The van der Waals surface area contributed by atoms with E-state index < -0.39 is 22.7 Å². The Morgan fingerprint density at radius 2 is 1.55 bits per heavy atom. The normalized spacial score (nSPS) is 17.3. The van der Waals surface area contributed by atoms with Gasteiger partial charge in [0.1, 0.15) is 5.76 Å². The summed E-state index contributed by atoms with van der Waals surface area (Å²) in [5, 5.41) is 22.0. The molecule has 1 aliphatic rings. The molecule has 33 heavy (non-hydrogen) atoms. The van der Waals surface area contributed by atoms with E-state index in [0.29, 0.717) is 11.3 Å². The first-order valence-electron chi connectivity index (χ1n) is 10.2. The van der Waals surface area contributed by atoms with Crippen LogP contribution in [0.5, 0.6) is 0 Å². The van der Waals surface area contributed by atoms with E-state index in [0.717, 1.165) is 5.69 Å². The molecule has 1 N–H and O–H groups in total. The Hall–Kier alpha value is -4.46. The van der Waals surface area contributed by atoms with Gasteiger partial charge in [0.25, 0.3) is 17.4 Å². The van der Waals surface area contributed by atoms with Crippen molar-refractivity contribution in [2.75, 3.05) is 23.9 Å². The molecule has 3 aromatic carbocycles. The van der Waals surface area contributed by atoms with Crippen molar-refractivity contribution in [3.05, 3.63) is 106 Å². The summed E-state index contributed by atoms with van der Waals surface area (Å²) in [5.74, 6) is -1.97. The maximum atomic E-state index is 13.1. The van der Waals surface area contributed by atoms with Crippen LogP contribution in [0.3, 0.4) is 0 Å². The van der Waals surface area contributed by atoms with Crippen LogP contribution >= 0.6 is 0 Å². The second kappa shape index (κ2) is 8.58. The molecule has 0 aromatic heterocycles. The number of para-hydroxylation sites is 1. The van der Waals surface area contributed by atoms with Crippen LogP contribution in [0.1, 0.15) is 17.2 Å². The number of aliphatic hydroxyl groups is 1. The molecule has 0 aliphatic carbocycles. The highest BCUT2D eigenvalue weighted by Crippen LogP contribution is 2.42. The summed E-state index contributed by atoms with van der Waals surface area (Å²) in [7, 11) is 3.80. The monoisotopic (exact) mass is 443 g/mol. The smallest absolute Gasteiger partial charge is 0.300 e. The predicted octanol–water partition coefficient (Wildman–Crippen LogP) is 4.29. The van der Waals surface area contributed by atoms with E-state index in [9.17, 15) is 24.8 Å². The van der Waals surface area contributed by atoms with Crippen molar-refractivity contribution in [3.8, 4) is 0 Å². The Balaban J connectivity index is 1.89. The molecule has 1 saturated heterocycles.